The fourth-order valence-corrected chi connectivity index (χ4v) is 4.76. The number of hydrogen-bond donors (Lipinski definition) is 0. The molecule has 0 unspecified atom stereocenters. The standard InChI is InChI=1S/C19H27Br/c1-14-12-17(15-8-4-2-5-9-15)13-18(19(14)20)16-10-6-3-7-11-16/h12-13,15-16H,2-11H2,1H3. The molecule has 2 saturated carbocycles. The highest BCUT2D eigenvalue weighted by atomic mass is 79.9. The lowest BCUT2D eigenvalue weighted by Crippen LogP contribution is -2.09. The van der Waals surface area contributed by atoms with Gasteiger partial charge in [0, 0.05) is 4.47 Å². The molecule has 0 aromatic heterocycles. The Labute approximate surface area is 132 Å². The van der Waals surface area contributed by atoms with Crippen molar-refractivity contribution in [1.29, 1.82) is 0 Å². The van der Waals surface area contributed by atoms with Gasteiger partial charge in [0.1, 0.15) is 0 Å². The summed E-state index contributed by atoms with van der Waals surface area (Å²) in [5, 5.41) is 0. The zero-order chi connectivity index (χ0) is 13.9. The first-order valence-electron chi connectivity index (χ1n) is 8.55. The van der Waals surface area contributed by atoms with Crippen LogP contribution in [0.3, 0.4) is 0 Å². The van der Waals surface area contributed by atoms with E-state index in [2.05, 4.69) is 35.0 Å². The third-order valence-corrected chi connectivity index (χ3v) is 6.51. The van der Waals surface area contributed by atoms with Crippen LogP contribution in [0.4, 0.5) is 0 Å². The van der Waals surface area contributed by atoms with Gasteiger partial charge in [-0.15, -0.1) is 0 Å². The van der Waals surface area contributed by atoms with E-state index in [1.54, 1.807) is 11.1 Å². The molecule has 2 fully saturated rings. The maximum absolute atomic E-state index is 3.87. The van der Waals surface area contributed by atoms with Gasteiger partial charge in [-0.2, -0.15) is 0 Å². The first-order chi connectivity index (χ1) is 9.75. The molecule has 110 valence electrons. The van der Waals surface area contributed by atoms with Gasteiger partial charge in [-0.25, -0.2) is 0 Å². The minimum atomic E-state index is 0.806. The minimum absolute atomic E-state index is 0.806. The molecule has 1 aromatic rings. The lowest BCUT2D eigenvalue weighted by molar-refractivity contribution is 0.434. The molecule has 0 bridgehead atoms. The second-order valence-corrected chi connectivity index (χ2v) is 7.70. The molecule has 0 saturated heterocycles. The second kappa shape index (κ2) is 6.64. The number of rotatable bonds is 2. The molecule has 0 radical (unpaired) electrons. The average Bonchev–Trinajstić information content (AvgIpc) is 2.51. The first kappa shape index (κ1) is 14.6. The molecular formula is C19H27Br. The van der Waals surface area contributed by atoms with E-state index in [1.165, 1.54) is 74.2 Å². The highest BCUT2D eigenvalue weighted by Gasteiger charge is 2.22. The molecule has 0 heterocycles. The van der Waals surface area contributed by atoms with E-state index in [1.807, 2.05) is 0 Å². The van der Waals surface area contributed by atoms with Gasteiger partial charge in [0.15, 0.2) is 0 Å². The van der Waals surface area contributed by atoms with E-state index in [0.29, 0.717) is 0 Å². The van der Waals surface area contributed by atoms with Crippen LogP contribution in [-0.2, 0) is 0 Å². The fourth-order valence-electron chi connectivity index (χ4n) is 4.21. The lowest BCUT2D eigenvalue weighted by Gasteiger charge is -2.27. The Hall–Kier alpha value is -0.300. The van der Waals surface area contributed by atoms with Crippen LogP contribution in [0.25, 0.3) is 0 Å². The van der Waals surface area contributed by atoms with Gasteiger partial charge in [-0.05, 0) is 61.1 Å². The van der Waals surface area contributed by atoms with Gasteiger partial charge < -0.3 is 0 Å². The van der Waals surface area contributed by atoms with E-state index >= 15 is 0 Å². The number of benzene rings is 1. The molecule has 1 heteroatoms. The van der Waals surface area contributed by atoms with Gasteiger partial charge in [0.05, 0.1) is 0 Å². The lowest BCUT2D eigenvalue weighted by atomic mass is 9.79. The van der Waals surface area contributed by atoms with Crippen LogP contribution in [0.1, 0.15) is 92.7 Å². The van der Waals surface area contributed by atoms with Crippen LogP contribution in [0.2, 0.25) is 0 Å². The maximum atomic E-state index is 3.87. The largest absolute Gasteiger partial charge is 0.0547 e. The zero-order valence-corrected chi connectivity index (χ0v) is 14.3. The van der Waals surface area contributed by atoms with Crippen LogP contribution in [-0.4, -0.2) is 0 Å². The summed E-state index contributed by atoms with van der Waals surface area (Å²) in [6.45, 7) is 2.28. The molecule has 0 aliphatic heterocycles. The maximum Gasteiger partial charge on any atom is 0.0239 e. The van der Waals surface area contributed by atoms with Crippen molar-refractivity contribution in [1.82, 2.24) is 0 Å². The van der Waals surface area contributed by atoms with Crippen molar-refractivity contribution in [3.8, 4) is 0 Å². The smallest absolute Gasteiger partial charge is 0.0239 e. The van der Waals surface area contributed by atoms with Gasteiger partial charge in [0.2, 0.25) is 0 Å². The highest BCUT2D eigenvalue weighted by Crippen LogP contribution is 2.41. The third-order valence-electron chi connectivity index (χ3n) is 5.43. The molecule has 3 rings (SSSR count). The molecule has 2 aliphatic rings. The minimum Gasteiger partial charge on any atom is -0.0547 e. The van der Waals surface area contributed by atoms with Crippen molar-refractivity contribution in [3.05, 3.63) is 33.3 Å². The van der Waals surface area contributed by atoms with Crippen LogP contribution >= 0.6 is 15.9 Å². The fraction of sp³-hybridized carbons (Fsp3) is 0.684. The van der Waals surface area contributed by atoms with Crippen molar-refractivity contribution >= 4 is 15.9 Å². The van der Waals surface area contributed by atoms with Crippen LogP contribution in [0.15, 0.2) is 16.6 Å². The van der Waals surface area contributed by atoms with Crippen LogP contribution in [0.5, 0.6) is 0 Å². The molecular weight excluding hydrogens is 308 g/mol. The number of halogens is 1. The molecule has 0 amide bonds. The van der Waals surface area contributed by atoms with Crippen molar-refractivity contribution in [2.75, 3.05) is 0 Å². The molecule has 1 aromatic carbocycles. The van der Waals surface area contributed by atoms with Crippen molar-refractivity contribution in [3.63, 3.8) is 0 Å². The Kier molecular flexibility index (Phi) is 4.86. The van der Waals surface area contributed by atoms with E-state index < -0.39 is 0 Å². The number of aryl methyl sites for hydroxylation is 1. The summed E-state index contributed by atoms with van der Waals surface area (Å²) < 4.78 is 1.39. The third kappa shape index (κ3) is 3.13. The second-order valence-electron chi connectivity index (χ2n) is 6.91. The van der Waals surface area contributed by atoms with Crippen molar-refractivity contribution in [2.24, 2.45) is 0 Å². The molecule has 20 heavy (non-hydrogen) atoms. The Bertz CT molecular complexity index is 451. The molecule has 0 nitrogen and oxygen atoms in total. The Morgan fingerprint density at radius 1 is 0.800 bits per heavy atom. The molecule has 0 spiro atoms. The first-order valence-corrected chi connectivity index (χ1v) is 9.35. The summed E-state index contributed by atoms with van der Waals surface area (Å²) in [7, 11) is 0. The van der Waals surface area contributed by atoms with Gasteiger partial charge in [-0.1, -0.05) is 66.6 Å². The van der Waals surface area contributed by atoms with Crippen LogP contribution in [0, 0.1) is 6.92 Å². The Morgan fingerprint density at radius 3 is 1.95 bits per heavy atom. The SMILES string of the molecule is Cc1cc(C2CCCCC2)cc(C2CCCCC2)c1Br. The monoisotopic (exact) mass is 334 g/mol. The van der Waals surface area contributed by atoms with Gasteiger partial charge in [-0.3, -0.25) is 0 Å². The summed E-state index contributed by atoms with van der Waals surface area (Å²) >= 11 is 3.87. The summed E-state index contributed by atoms with van der Waals surface area (Å²) in [6, 6.07) is 5.01. The Morgan fingerprint density at radius 2 is 1.35 bits per heavy atom. The normalized spacial score (nSPS) is 22.1. The predicted molar refractivity (Wildman–Crippen MR) is 90.5 cm³/mol. The summed E-state index contributed by atoms with van der Waals surface area (Å²) in [5.41, 5.74) is 4.70. The average molecular weight is 335 g/mol. The van der Waals surface area contributed by atoms with Crippen LogP contribution < -0.4 is 0 Å². The summed E-state index contributed by atoms with van der Waals surface area (Å²) in [5.74, 6) is 1.64. The zero-order valence-electron chi connectivity index (χ0n) is 12.8. The van der Waals surface area contributed by atoms with Gasteiger partial charge in [0.25, 0.3) is 0 Å². The molecule has 0 atom stereocenters. The Balaban J connectivity index is 1.89. The topological polar surface area (TPSA) is 0 Å². The molecule has 0 N–H and O–H groups in total. The number of hydrogen-bond acceptors (Lipinski definition) is 0. The van der Waals surface area contributed by atoms with E-state index in [-0.39, 0.29) is 0 Å². The summed E-state index contributed by atoms with van der Waals surface area (Å²) in [4.78, 5) is 0. The van der Waals surface area contributed by atoms with Gasteiger partial charge >= 0.3 is 0 Å². The summed E-state index contributed by atoms with van der Waals surface area (Å²) in [6.07, 6.45) is 14.2. The quantitative estimate of drug-likeness (QED) is 0.554. The van der Waals surface area contributed by atoms with Crippen molar-refractivity contribution < 1.29 is 0 Å². The molecule has 2 aliphatic carbocycles. The highest BCUT2D eigenvalue weighted by molar-refractivity contribution is 9.10. The van der Waals surface area contributed by atoms with E-state index in [4.69, 9.17) is 0 Å². The predicted octanol–water partition coefficient (Wildman–Crippen LogP) is 6.85. The van der Waals surface area contributed by atoms with E-state index in [0.717, 1.165) is 11.8 Å². The van der Waals surface area contributed by atoms with Crippen molar-refractivity contribution in [2.45, 2.75) is 83.0 Å². The van der Waals surface area contributed by atoms with E-state index in [9.17, 15) is 0 Å².